The molecule has 2 heterocycles. The molecule has 1 aliphatic heterocycles. The Hall–Kier alpha value is 0.1000. The van der Waals surface area contributed by atoms with Crippen LogP contribution in [0.4, 0.5) is 0 Å². The Kier molecular flexibility index (Phi) is 5.29. The molecule has 1 saturated heterocycles. The fraction of sp³-hybridized carbons (Fsp3) is 0.667. The van der Waals surface area contributed by atoms with Gasteiger partial charge in [0.15, 0.2) is 0 Å². The molecule has 0 aliphatic carbocycles. The standard InChI is InChI=1S/C12H19BrN2S/c13-11-4-9-16-12(11)10-14-5-8-15-6-2-1-3-7-15/h4,9,14H,1-3,5-8,10H2. The summed E-state index contributed by atoms with van der Waals surface area (Å²) in [5, 5.41) is 5.65. The summed E-state index contributed by atoms with van der Waals surface area (Å²) < 4.78 is 1.24. The van der Waals surface area contributed by atoms with E-state index in [4.69, 9.17) is 0 Å². The molecule has 1 aromatic rings. The van der Waals surface area contributed by atoms with Crippen LogP contribution in [0, 0.1) is 0 Å². The van der Waals surface area contributed by atoms with Crippen LogP contribution in [-0.2, 0) is 6.54 Å². The maximum Gasteiger partial charge on any atom is 0.0327 e. The first-order chi connectivity index (χ1) is 7.86. The molecule has 1 fully saturated rings. The molecule has 16 heavy (non-hydrogen) atoms. The fourth-order valence-corrected chi connectivity index (χ4v) is 3.54. The zero-order chi connectivity index (χ0) is 11.2. The monoisotopic (exact) mass is 302 g/mol. The molecule has 1 aromatic heterocycles. The quantitative estimate of drug-likeness (QED) is 0.841. The van der Waals surface area contributed by atoms with E-state index >= 15 is 0 Å². The molecule has 2 rings (SSSR count). The normalized spacial score (nSPS) is 17.8. The Morgan fingerprint density at radius 3 is 2.81 bits per heavy atom. The van der Waals surface area contributed by atoms with Gasteiger partial charge in [0.25, 0.3) is 0 Å². The molecule has 0 aromatic carbocycles. The van der Waals surface area contributed by atoms with Crippen LogP contribution >= 0.6 is 27.3 Å². The van der Waals surface area contributed by atoms with Crippen molar-refractivity contribution in [3.63, 3.8) is 0 Å². The summed E-state index contributed by atoms with van der Waals surface area (Å²) in [6.45, 7) is 5.88. The smallest absolute Gasteiger partial charge is 0.0327 e. The van der Waals surface area contributed by atoms with Crippen molar-refractivity contribution in [1.29, 1.82) is 0 Å². The lowest BCUT2D eigenvalue weighted by molar-refractivity contribution is 0.229. The van der Waals surface area contributed by atoms with E-state index in [0.29, 0.717) is 0 Å². The number of hydrogen-bond acceptors (Lipinski definition) is 3. The molecule has 1 aliphatic rings. The van der Waals surface area contributed by atoms with Gasteiger partial charge in [-0.25, -0.2) is 0 Å². The topological polar surface area (TPSA) is 15.3 Å². The van der Waals surface area contributed by atoms with Crippen LogP contribution in [0.25, 0.3) is 0 Å². The summed E-state index contributed by atoms with van der Waals surface area (Å²) in [5.41, 5.74) is 0. The van der Waals surface area contributed by atoms with Gasteiger partial charge in [0.2, 0.25) is 0 Å². The number of nitrogens with zero attached hydrogens (tertiary/aromatic N) is 1. The zero-order valence-corrected chi connectivity index (χ0v) is 11.9. The third-order valence-electron chi connectivity index (χ3n) is 3.03. The largest absolute Gasteiger partial charge is 0.311 e. The minimum Gasteiger partial charge on any atom is -0.311 e. The van der Waals surface area contributed by atoms with Gasteiger partial charge in [-0.1, -0.05) is 6.42 Å². The number of likely N-dealkylation sites (tertiary alicyclic amines) is 1. The number of rotatable bonds is 5. The van der Waals surface area contributed by atoms with Crippen LogP contribution in [0.2, 0.25) is 0 Å². The van der Waals surface area contributed by atoms with Gasteiger partial charge in [-0.05, 0) is 53.3 Å². The van der Waals surface area contributed by atoms with Crippen molar-refractivity contribution in [2.45, 2.75) is 25.8 Å². The Labute approximate surface area is 110 Å². The van der Waals surface area contributed by atoms with E-state index in [2.05, 4.69) is 37.6 Å². The van der Waals surface area contributed by atoms with Gasteiger partial charge in [0, 0.05) is 29.0 Å². The predicted octanol–water partition coefficient (Wildman–Crippen LogP) is 3.09. The summed E-state index contributed by atoms with van der Waals surface area (Å²) in [7, 11) is 0. The number of hydrogen-bond donors (Lipinski definition) is 1. The van der Waals surface area contributed by atoms with E-state index in [-0.39, 0.29) is 0 Å². The highest BCUT2D eigenvalue weighted by Crippen LogP contribution is 2.21. The molecule has 90 valence electrons. The van der Waals surface area contributed by atoms with Gasteiger partial charge in [-0.2, -0.15) is 0 Å². The third-order valence-corrected chi connectivity index (χ3v) is 4.96. The molecular weight excluding hydrogens is 284 g/mol. The molecule has 0 atom stereocenters. The lowest BCUT2D eigenvalue weighted by Crippen LogP contribution is -2.35. The summed E-state index contributed by atoms with van der Waals surface area (Å²) in [6.07, 6.45) is 4.19. The maximum absolute atomic E-state index is 3.55. The van der Waals surface area contributed by atoms with E-state index in [1.54, 1.807) is 0 Å². The van der Waals surface area contributed by atoms with Gasteiger partial charge in [-0.3, -0.25) is 0 Å². The lowest BCUT2D eigenvalue weighted by Gasteiger charge is -2.26. The molecular formula is C12H19BrN2S. The van der Waals surface area contributed by atoms with Crippen LogP contribution in [-0.4, -0.2) is 31.1 Å². The second kappa shape index (κ2) is 6.74. The molecule has 1 N–H and O–H groups in total. The van der Waals surface area contributed by atoms with Crippen LogP contribution in [0.1, 0.15) is 24.1 Å². The van der Waals surface area contributed by atoms with Crippen LogP contribution in [0.5, 0.6) is 0 Å². The maximum atomic E-state index is 3.55. The highest BCUT2D eigenvalue weighted by Gasteiger charge is 2.08. The summed E-state index contributed by atoms with van der Waals surface area (Å²) >= 11 is 5.37. The van der Waals surface area contributed by atoms with E-state index < -0.39 is 0 Å². The number of thiophene rings is 1. The molecule has 2 nitrogen and oxygen atoms in total. The first kappa shape index (κ1) is 12.6. The van der Waals surface area contributed by atoms with Crippen LogP contribution in [0.3, 0.4) is 0 Å². The Morgan fingerprint density at radius 2 is 2.12 bits per heavy atom. The molecule has 0 spiro atoms. The van der Waals surface area contributed by atoms with Gasteiger partial charge in [0.1, 0.15) is 0 Å². The number of piperidine rings is 1. The Bertz CT molecular complexity index is 308. The first-order valence-corrected chi connectivity index (χ1v) is 7.68. The summed E-state index contributed by atoms with van der Waals surface area (Å²) in [4.78, 5) is 3.97. The lowest BCUT2D eigenvalue weighted by atomic mass is 10.1. The second-order valence-electron chi connectivity index (χ2n) is 4.27. The van der Waals surface area contributed by atoms with Gasteiger partial charge in [-0.15, -0.1) is 11.3 Å². The summed E-state index contributed by atoms with van der Waals surface area (Å²) in [6, 6.07) is 2.12. The highest BCUT2D eigenvalue weighted by atomic mass is 79.9. The minimum atomic E-state index is 0.992. The van der Waals surface area contributed by atoms with Crippen molar-refractivity contribution in [3.05, 3.63) is 20.8 Å². The minimum absolute atomic E-state index is 0.992. The van der Waals surface area contributed by atoms with Crippen LogP contribution < -0.4 is 5.32 Å². The first-order valence-electron chi connectivity index (χ1n) is 6.01. The van der Waals surface area contributed by atoms with E-state index in [0.717, 1.165) is 13.1 Å². The molecule has 0 bridgehead atoms. The third kappa shape index (κ3) is 3.84. The van der Waals surface area contributed by atoms with E-state index in [1.165, 1.54) is 48.2 Å². The summed E-state index contributed by atoms with van der Waals surface area (Å²) in [5.74, 6) is 0. The average Bonchev–Trinajstić information content (AvgIpc) is 2.72. The predicted molar refractivity (Wildman–Crippen MR) is 74.0 cm³/mol. The second-order valence-corrected chi connectivity index (χ2v) is 6.13. The molecule has 0 amide bonds. The molecule has 0 saturated carbocycles. The average molecular weight is 303 g/mol. The SMILES string of the molecule is Brc1ccsc1CNCCN1CCCCC1. The molecule has 0 radical (unpaired) electrons. The highest BCUT2D eigenvalue weighted by molar-refractivity contribution is 9.10. The van der Waals surface area contributed by atoms with Crippen molar-refractivity contribution < 1.29 is 0 Å². The van der Waals surface area contributed by atoms with Crippen molar-refractivity contribution in [1.82, 2.24) is 10.2 Å². The van der Waals surface area contributed by atoms with Gasteiger partial charge in [0.05, 0.1) is 0 Å². The van der Waals surface area contributed by atoms with Gasteiger partial charge >= 0.3 is 0 Å². The van der Waals surface area contributed by atoms with E-state index in [9.17, 15) is 0 Å². The van der Waals surface area contributed by atoms with E-state index in [1.807, 2.05) is 11.3 Å². The number of halogens is 1. The molecule has 0 unspecified atom stereocenters. The number of nitrogens with one attached hydrogen (secondary N) is 1. The van der Waals surface area contributed by atoms with Crippen molar-refractivity contribution in [2.24, 2.45) is 0 Å². The Morgan fingerprint density at radius 1 is 1.31 bits per heavy atom. The molecule has 4 heteroatoms. The van der Waals surface area contributed by atoms with Crippen molar-refractivity contribution in [2.75, 3.05) is 26.2 Å². The van der Waals surface area contributed by atoms with Gasteiger partial charge < -0.3 is 10.2 Å². The van der Waals surface area contributed by atoms with Crippen molar-refractivity contribution >= 4 is 27.3 Å². The van der Waals surface area contributed by atoms with Crippen LogP contribution in [0.15, 0.2) is 15.9 Å². The Balaban J connectivity index is 1.59. The van der Waals surface area contributed by atoms with Crippen molar-refractivity contribution in [3.8, 4) is 0 Å². The fourth-order valence-electron chi connectivity index (χ4n) is 2.07. The zero-order valence-electron chi connectivity index (χ0n) is 9.54.